The van der Waals surface area contributed by atoms with E-state index in [0.29, 0.717) is 0 Å². The summed E-state index contributed by atoms with van der Waals surface area (Å²) in [5, 5.41) is 9.04. The van der Waals surface area contributed by atoms with Crippen molar-refractivity contribution in [2.45, 2.75) is 33.1 Å². The Morgan fingerprint density at radius 2 is 1.20 bits per heavy atom. The molecule has 0 radical (unpaired) electrons. The Labute approximate surface area is 99.6 Å². The maximum Gasteiger partial charge on any atom is 0.0168 e. The molecule has 0 amide bonds. The minimum absolute atomic E-state index is 0.147. The van der Waals surface area contributed by atoms with Gasteiger partial charge in [0.15, 0.2) is 0 Å². The van der Waals surface area contributed by atoms with Crippen LogP contribution in [0.15, 0.2) is 21.5 Å². The Morgan fingerprint density at radius 1 is 0.800 bits per heavy atom. The molecule has 0 aliphatic heterocycles. The van der Waals surface area contributed by atoms with Gasteiger partial charge in [0.25, 0.3) is 0 Å². The van der Waals surface area contributed by atoms with Crippen LogP contribution in [0.25, 0.3) is 0 Å². The first-order valence-electron chi connectivity index (χ1n) is 5.10. The van der Waals surface area contributed by atoms with Crippen LogP contribution in [0.2, 0.25) is 0 Å². The topological polar surface area (TPSA) is 0 Å². The molecule has 0 saturated heterocycles. The van der Waals surface area contributed by atoms with Crippen LogP contribution in [-0.4, -0.2) is 0 Å². The SMILES string of the molecule is Cc1cscc1C(C)(C)c1cscc1C. The van der Waals surface area contributed by atoms with Crippen LogP contribution >= 0.6 is 22.7 Å². The molecule has 2 heterocycles. The molecule has 0 bridgehead atoms. The first kappa shape index (κ1) is 10.9. The van der Waals surface area contributed by atoms with Crippen LogP contribution < -0.4 is 0 Å². The van der Waals surface area contributed by atoms with Crippen LogP contribution in [0.3, 0.4) is 0 Å². The highest BCUT2D eigenvalue weighted by atomic mass is 32.1. The zero-order valence-electron chi connectivity index (χ0n) is 9.63. The molecule has 0 aliphatic carbocycles. The predicted molar refractivity (Wildman–Crippen MR) is 70.2 cm³/mol. The highest BCUT2D eigenvalue weighted by molar-refractivity contribution is 7.08. The molecular weight excluding hydrogens is 220 g/mol. The van der Waals surface area contributed by atoms with Crippen LogP contribution in [0.5, 0.6) is 0 Å². The summed E-state index contributed by atoms with van der Waals surface area (Å²) < 4.78 is 0. The van der Waals surface area contributed by atoms with E-state index < -0.39 is 0 Å². The summed E-state index contributed by atoms with van der Waals surface area (Å²) >= 11 is 3.60. The zero-order valence-corrected chi connectivity index (χ0v) is 11.3. The van der Waals surface area contributed by atoms with Gasteiger partial charge < -0.3 is 0 Å². The number of aryl methyl sites for hydroxylation is 2. The maximum absolute atomic E-state index is 2.32. The molecule has 0 nitrogen and oxygen atoms in total. The lowest BCUT2D eigenvalue weighted by Crippen LogP contribution is -2.19. The molecule has 0 aromatic carbocycles. The fraction of sp³-hybridized carbons (Fsp3) is 0.385. The van der Waals surface area contributed by atoms with Crippen LogP contribution in [0, 0.1) is 13.8 Å². The van der Waals surface area contributed by atoms with Crippen molar-refractivity contribution in [3.63, 3.8) is 0 Å². The smallest absolute Gasteiger partial charge is 0.0168 e. The Kier molecular flexibility index (Phi) is 2.73. The number of rotatable bonds is 2. The third-order valence-corrected chi connectivity index (χ3v) is 4.78. The number of hydrogen-bond donors (Lipinski definition) is 0. The van der Waals surface area contributed by atoms with E-state index in [2.05, 4.69) is 49.2 Å². The maximum atomic E-state index is 2.32. The summed E-state index contributed by atoms with van der Waals surface area (Å²) in [4.78, 5) is 0. The van der Waals surface area contributed by atoms with Crippen molar-refractivity contribution in [1.29, 1.82) is 0 Å². The van der Waals surface area contributed by atoms with Gasteiger partial charge in [-0.3, -0.25) is 0 Å². The van der Waals surface area contributed by atoms with Crippen LogP contribution in [-0.2, 0) is 5.41 Å². The van der Waals surface area contributed by atoms with Crippen molar-refractivity contribution in [2.24, 2.45) is 0 Å². The van der Waals surface area contributed by atoms with Gasteiger partial charge in [0, 0.05) is 5.41 Å². The van der Waals surface area contributed by atoms with Gasteiger partial charge in [0.05, 0.1) is 0 Å². The van der Waals surface area contributed by atoms with Crippen molar-refractivity contribution in [3.8, 4) is 0 Å². The minimum Gasteiger partial charge on any atom is -0.152 e. The lowest BCUT2D eigenvalue weighted by atomic mass is 9.78. The van der Waals surface area contributed by atoms with E-state index in [4.69, 9.17) is 0 Å². The summed E-state index contributed by atoms with van der Waals surface area (Å²) in [5.41, 5.74) is 5.91. The molecule has 0 spiro atoms. The van der Waals surface area contributed by atoms with E-state index in [1.54, 1.807) is 22.7 Å². The second-order valence-corrected chi connectivity index (χ2v) is 6.05. The van der Waals surface area contributed by atoms with Crippen LogP contribution in [0.1, 0.15) is 36.1 Å². The highest BCUT2D eigenvalue weighted by Gasteiger charge is 2.27. The predicted octanol–water partition coefficient (Wildman–Crippen LogP) is 4.75. The normalized spacial score (nSPS) is 12.0. The average molecular weight is 236 g/mol. The van der Waals surface area contributed by atoms with E-state index in [9.17, 15) is 0 Å². The zero-order chi connectivity index (χ0) is 11.1. The lowest BCUT2D eigenvalue weighted by Gasteiger charge is -2.25. The molecule has 0 fully saturated rings. The first-order valence-corrected chi connectivity index (χ1v) is 6.98. The van der Waals surface area contributed by atoms with Gasteiger partial charge in [-0.05, 0) is 57.6 Å². The number of thiophene rings is 2. The molecule has 2 aromatic heterocycles. The standard InChI is InChI=1S/C13H16S2/c1-9-5-14-7-11(9)13(3,4)12-8-15-6-10(12)2/h5-8H,1-4H3. The highest BCUT2D eigenvalue weighted by Crippen LogP contribution is 2.38. The van der Waals surface area contributed by atoms with Crippen molar-refractivity contribution in [3.05, 3.63) is 43.8 Å². The summed E-state index contributed by atoms with van der Waals surface area (Å²) in [6.45, 7) is 9.04. The Morgan fingerprint density at radius 3 is 1.47 bits per heavy atom. The van der Waals surface area contributed by atoms with E-state index >= 15 is 0 Å². The quantitative estimate of drug-likeness (QED) is 0.705. The summed E-state index contributed by atoms with van der Waals surface area (Å²) in [6, 6.07) is 0. The second-order valence-electron chi connectivity index (χ2n) is 4.56. The molecule has 0 unspecified atom stereocenters. The fourth-order valence-corrected chi connectivity index (χ4v) is 4.18. The average Bonchev–Trinajstić information content (AvgIpc) is 2.73. The molecule has 0 N–H and O–H groups in total. The van der Waals surface area contributed by atoms with E-state index in [1.807, 2.05) is 0 Å². The van der Waals surface area contributed by atoms with Gasteiger partial charge in [0.2, 0.25) is 0 Å². The minimum atomic E-state index is 0.147. The summed E-state index contributed by atoms with van der Waals surface area (Å²) in [7, 11) is 0. The summed E-state index contributed by atoms with van der Waals surface area (Å²) in [6.07, 6.45) is 0. The summed E-state index contributed by atoms with van der Waals surface area (Å²) in [5.74, 6) is 0. The molecule has 0 atom stereocenters. The molecule has 80 valence electrons. The van der Waals surface area contributed by atoms with Gasteiger partial charge >= 0.3 is 0 Å². The Bertz CT molecular complexity index is 418. The monoisotopic (exact) mass is 236 g/mol. The van der Waals surface area contributed by atoms with Crippen molar-refractivity contribution in [2.75, 3.05) is 0 Å². The van der Waals surface area contributed by atoms with Gasteiger partial charge in [-0.1, -0.05) is 13.8 Å². The Balaban J connectivity index is 2.53. The molecule has 2 aromatic rings. The third kappa shape index (κ3) is 1.77. The van der Waals surface area contributed by atoms with Gasteiger partial charge in [-0.25, -0.2) is 0 Å². The van der Waals surface area contributed by atoms with E-state index in [0.717, 1.165) is 0 Å². The largest absolute Gasteiger partial charge is 0.152 e. The number of hydrogen-bond acceptors (Lipinski definition) is 2. The van der Waals surface area contributed by atoms with Crippen molar-refractivity contribution >= 4 is 22.7 Å². The first-order chi connectivity index (χ1) is 7.03. The van der Waals surface area contributed by atoms with E-state index in [1.165, 1.54) is 22.3 Å². The Hall–Kier alpha value is -0.600. The fourth-order valence-electron chi connectivity index (χ4n) is 2.15. The molecule has 0 aliphatic rings. The lowest BCUT2D eigenvalue weighted by molar-refractivity contribution is 0.638. The van der Waals surface area contributed by atoms with Gasteiger partial charge in [-0.15, -0.1) is 0 Å². The molecule has 2 rings (SSSR count). The molecular formula is C13H16S2. The third-order valence-electron chi connectivity index (χ3n) is 3.06. The van der Waals surface area contributed by atoms with Crippen molar-refractivity contribution < 1.29 is 0 Å². The van der Waals surface area contributed by atoms with Crippen LogP contribution in [0.4, 0.5) is 0 Å². The molecule has 15 heavy (non-hydrogen) atoms. The van der Waals surface area contributed by atoms with Gasteiger partial charge in [0.1, 0.15) is 0 Å². The molecule has 2 heteroatoms. The van der Waals surface area contributed by atoms with E-state index in [-0.39, 0.29) is 5.41 Å². The van der Waals surface area contributed by atoms with Gasteiger partial charge in [-0.2, -0.15) is 22.7 Å². The molecule has 0 saturated carbocycles. The second kappa shape index (κ2) is 3.76. The van der Waals surface area contributed by atoms with Crippen molar-refractivity contribution in [1.82, 2.24) is 0 Å².